The van der Waals surface area contributed by atoms with Crippen LogP contribution in [0, 0.1) is 0 Å². The molecule has 0 saturated carbocycles. The number of rotatable bonds is 5. The second-order valence-corrected chi connectivity index (χ2v) is 9.02. The number of likely N-dealkylation sites (tertiary alicyclic amines) is 1. The van der Waals surface area contributed by atoms with E-state index in [1.165, 1.54) is 4.88 Å². The number of aromatic nitrogens is 1. The van der Waals surface area contributed by atoms with Gasteiger partial charge in [-0.1, -0.05) is 12.1 Å². The van der Waals surface area contributed by atoms with Crippen molar-refractivity contribution in [3.63, 3.8) is 0 Å². The maximum Gasteiger partial charge on any atom is 0.490 e. The fourth-order valence-electron chi connectivity index (χ4n) is 3.61. The van der Waals surface area contributed by atoms with E-state index in [1.807, 2.05) is 12.1 Å². The molecule has 2 aromatic rings. The van der Waals surface area contributed by atoms with Crippen molar-refractivity contribution in [3.05, 3.63) is 52.5 Å². The number of alkyl halides is 6. The fraction of sp³-hybridized carbons (Fsp3) is 0.455. The SMILES string of the molecule is O=C(NCc1cccnc1)[C@H]1C[C@H]2[C@H](CCN2Cc2cccs2)O1.O=C(O)C(F)(F)F.O=C(O)C(F)(F)F. The molecule has 9 nitrogen and oxygen atoms in total. The summed E-state index contributed by atoms with van der Waals surface area (Å²) >= 11 is 1.79. The molecule has 38 heavy (non-hydrogen) atoms. The monoisotopic (exact) mass is 571 g/mol. The van der Waals surface area contributed by atoms with Crippen LogP contribution in [0.15, 0.2) is 42.0 Å². The van der Waals surface area contributed by atoms with Crippen LogP contribution in [0.2, 0.25) is 0 Å². The van der Waals surface area contributed by atoms with Crippen molar-refractivity contribution in [3.8, 4) is 0 Å². The number of carboxylic acids is 2. The number of thiophene rings is 1. The smallest absolute Gasteiger partial charge is 0.475 e. The summed E-state index contributed by atoms with van der Waals surface area (Å²) in [6.07, 6.45) is -5.00. The standard InChI is InChI=1S/C18H21N3O2S.2C2HF3O2/c22-18(20-11-13-3-1-6-19-10-13)17-9-15-16(23-17)5-7-21(15)12-14-4-2-8-24-14;2*3-2(4,5)1(6)7/h1-4,6,8,10,15-17H,5,7,9,11-12H2,(H,20,22);2*(H,6,7)/t15-,16-,17+;;/m0../s1. The van der Waals surface area contributed by atoms with E-state index in [9.17, 15) is 31.1 Å². The van der Waals surface area contributed by atoms with Crippen LogP contribution in [0.5, 0.6) is 0 Å². The van der Waals surface area contributed by atoms with Gasteiger partial charge in [-0.3, -0.25) is 14.7 Å². The van der Waals surface area contributed by atoms with Crippen LogP contribution in [0.1, 0.15) is 23.3 Å². The number of carboxylic acid groups (broad SMARTS) is 2. The van der Waals surface area contributed by atoms with Crippen LogP contribution in [-0.4, -0.2) is 75.1 Å². The normalized spacial score (nSPS) is 20.8. The summed E-state index contributed by atoms with van der Waals surface area (Å²) in [5.74, 6) is -5.52. The van der Waals surface area contributed by atoms with Gasteiger partial charge in [-0.2, -0.15) is 26.3 Å². The Morgan fingerprint density at radius 2 is 1.71 bits per heavy atom. The molecule has 3 atom stereocenters. The summed E-state index contributed by atoms with van der Waals surface area (Å²) in [4.78, 5) is 38.1. The van der Waals surface area contributed by atoms with Crippen LogP contribution in [-0.2, 0) is 32.2 Å². The summed E-state index contributed by atoms with van der Waals surface area (Å²) < 4.78 is 69.5. The number of nitrogens with zero attached hydrogens (tertiary/aromatic N) is 2. The molecule has 0 bridgehead atoms. The first-order valence-electron chi connectivity index (χ1n) is 10.9. The number of halogens is 6. The molecular formula is C22H23F6N3O6S. The molecular weight excluding hydrogens is 548 g/mol. The summed E-state index contributed by atoms with van der Waals surface area (Å²) in [7, 11) is 0. The Hall–Kier alpha value is -3.24. The first kappa shape index (κ1) is 31.0. The first-order valence-corrected chi connectivity index (χ1v) is 11.7. The highest BCUT2D eigenvalue weighted by Crippen LogP contribution is 2.34. The van der Waals surface area contributed by atoms with E-state index in [0.717, 1.165) is 31.5 Å². The van der Waals surface area contributed by atoms with Gasteiger partial charge in [-0.25, -0.2) is 9.59 Å². The highest BCUT2D eigenvalue weighted by Gasteiger charge is 2.45. The van der Waals surface area contributed by atoms with Gasteiger partial charge in [0.2, 0.25) is 5.91 Å². The summed E-state index contributed by atoms with van der Waals surface area (Å²) in [5.41, 5.74) is 1.00. The molecule has 2 fully saturated rings. The maximum absolute atomic E-state index is 12.4. The van der Waals surface area contributed by atoms with Crippen LogP contribution < -0.4 is 5.32 Å². The number of carbonyl (C=O) groups excluding carboxylic acids is 1. The van der Waals surface area contributed by atoms with E-state index in [2.05, 4.69) is 32.7 Å². The highest BCUT2D eigenvalue weighted by molar-refractivity contribution is 7.09. The van der Waals surface area contributed by atoms with E-state index < -0.39 is 24.3 Å². The molecule has 210 valence electrons. The Morgan fingerprint density at radius 1 is 1.08 bits per heavy atom. The molecule has 2 aromatic heterocycles. The number of hydrogen-bond donors (Lipinski definition) is 3. The van der Waals surface area contributed by atoms with Crippen molar-refractivity contribution in [2.45, 2.75) is 56.5 Å². The Kier molecular flexibility index (Phi) is 11.0. The molecule has 3 N–H and O–H groups in total. The lowest BCUT2D eigenvalue weighted by Crippen LogP contribution is -2.36. The Bertz CT molecular complexity index is 1030. The van der Waals surface area contributed by atoms with E-state index in [0.29, 0.717) is 12.6 Å². The van der Waals surface area contributed by atoms with Crippen molar-refractivity contribution in [1.82, 2.24) is 15.2 Å². The van der Waals surface area contributed by atoms with Crippen molar-refractivity contribution in [2.75, 3.05) is 6.54 Å². The average molecular weight is 571 g/mol. The molecule has 0 aliphatic carbocycles. The molecule has 2 aliphatic rings. The Morgan fingerprint density at radius 3 is 2.21 bits per heavy atom. The van der Waals surface area contributed by atoms with Gasteiger partial charge in [0, 0.05) is 49.4 Å². The first-order chi connectivity index (χ1) is 17.7. The number of amides is 1. The molecule has 0 unspecified atom stereocenters. The van der Waals surface area contributed by atoms with E-state index >= 15 is 0 Å². The zero-order valence-electron chi connectivity index (χ0n) is 19.4. The molecule has 16 heteroatoms. The predicted octanol–water partition coefficient (Wildman–Crippen LogP) is 3.46. The molecule has 0 spiro atoms. The van der Waals surface area contributed by atoms with E-state index in [-0.39, 0.29) is 18.1 Å². The van der Waals surface area contributed by atoms with Crippen LogP contribution in [0.3, 0.4) is 0 Å². The average Bonchev–Trinajstić information content (AvgIpc) is 3.57. The minimum Gasteiger partial charge on any atom is -0.475 e. The number of carbonyl (C=O) groups is 3. The highest BCUT2D eigenvalue weighted by atomic mass is 32.1. The minimum atomic E-state index is -5.08. The van der Waals surface area contributed by atoms with Crippen molar-refractivity contribution < 1.29 is 55.7 Å². The van der Waals surface area contributed by atoms with Crippen molar-refractivity contribution in [1.29, 1.82) is 0 Å². The van der Waals surface area contributed by atoms with Crippen molar-refractivity contribution >= 4 is 29.2 Å². The Balaban J connectivity index is 0.000000301. The number of fused-ring (bicyclic) bond motifs is 1. The van der Waals surface area contributed by atoms with E-state index in [4.69, 9.17) is 24.5 Å². The van der Waals surface area contributed by atoms with Gasteiger partial charge < -0.3 is 20.3 Å². The third-order valence-electron chi connectivity index (χ3n) is 5.30. The minimum absolute atomic E-state index is 0.00988. The largest absolute Gasteiger partial charge is 0.490 e. The zero-order valence-corrected chi connectivity index (χ0v) is 20.2. The third-order valence-corrected chi connectivity index (χ3v) is 6.16. The molecule has 4 heterocycles. The summed E-state index contributed by atoms with van der Waals surface area (Å²) in [6.45, 7) is 2.52. The van der Waals surface area contributed by atoms with Crippen LogP contribution >= 0.6 is 11.3 Å². The van der Waals surface area contributed by atoms with Gasteiger partial charge in [0.1, 0.15) is 6.10 Å². The van der Waals surface area contributed by atoms with Gasteiger partial charge in [-0.15, -0.1) is 11.3 Å². The molecule has 1 amide bonds. The second-order valence-electron chi connectivity index (χ2n) is 7.99. The van der Waals surface area contributed by atoms with Gasteiger partial charge in [0.25, 0.3) is 0 Å². The fourth-order valence-corrected chi connectivity index (χ4v) is 4.33. The van der Waals surface area contributed by atoms with Crippen LogP contribution in [0.4, 0.5) is 26.3 Å². The lowest BCUT2D eigenvalue weighted by molar-refractivity contribution is -0.193. The number of nitrogens with one attached hydrogen (secondary N) is 1. The summed E-state index contributed by atoms with van der Waals surface area (Å²) in [5, 5.41) is 19.3. The quantitative estimate of drug-likeness (QED) is 0.466. The maximum atomic E-state index is 12.4. The molecule has 0 radical (unpaired) electrons. The molecule has 2 aliphatic heterocycles. The lowest BCUT2D eigenvalue weighted by Gasteiger charge is -2.21. The topological polar surface area (TPSA) is 129 Å². The Labute approximate surface area is 216 Å². The second kappa shape index (κ2) is 13.5. The zero-order chi connectivity index (χ0) is 28.5. The summed E-state index contributed by atoms with van der Waals surface area (Å²) in [6, 6.07) is 8.46. The van der Waals surface area contributed by atoms with Gasteiger partial charge in [-0.05, 0) is 29.5 Å². The number of pyridine rings is 1. The lowest BCUT2D eigenvalue weighted by atomic mass is 10.1. The van der Waals surface area contributed by atoms with Crippen molar-refractivity contribution in [2.24, 2.45) is 0 Å². The number of ether oxygens (including phenoxy) is 1. The van der Waals surface area contributed by atoms with Gasteiger partial charge in [0.15, 0.2) is 0 Å². The van der Waals surface area contributed by atoms with E-state index in [1.54, 1.807) is 23.7 Å². The van der Waals surface area contributed by atoms with Gasteiger partial charge >= 0.3 is 24.3 Å². The van der Waals surface area contributed by atoms with Crippen LogP contribution in [0.25, 0.3) is 0 Å². The molecule has 2 saturated heterocycles. The number of hydrogen-bond acceptors (Lipinski definition) is 7. The van der Waals surface area contributed by atoms with Gasteiger partial charge in [0.05, 0.1) is 6.10 Å². The third kappa shape index (κ3) is 9.90. The molecule has 0 aromatic carbocycles. The predicted molar refractivity (Wildman–Crippen MR) is 120 cm³/mol. The molecule has 4 rings (SSSR count). The number of aliphatic carboxylic acids is 2.